The molecule has 7 nitrogen and oxygen atoms in total. The van der Waals surface area contributed by atoms with Crippen molar-refractivity contribution in [2.75, 3.05) is 26.7 Å². The van der Waals surface area contributed by atoms with E-state index in [1.165, 1.54) is 0 Å². The summed E-state index contributed by atoms with van der Waals surface area (Å²) < 4.78 is 10.4. The Labute approximate surface area is 145 Å². The third-order valence-corrected chi connectivity index (χ3v) is 4.21. The van der Waals surface area contributed by atoms with Crippen LogP contribution in [-0.4, -0.2) is 48.6 Å². The number of likely N-dealkylation sites (tertiary alicyclic amines) is 1. The first-order valence-corrected chi connectivity index (χ1v) is 8.34. The van der Waals surface area contributed by atoms with E-state index in [1.54, 1.807) is 24.1 Å². The minimum absolute atomic E-state index is 0.0276. The minimum atomic E-state index is -0.428. The minimum Gasteiger partial charge on any atom is -0.497 e. The van der Waals surface area contributed by atoms with Crippen LogP contribution >= 0.6 is 0 Å². The molecule has 7 heteroatoms. The number of hydrogen-bond acceptors (Lipinski definition) is 5. The average Bonchev–Trinajstić information content (AvgIpc) is 3.17. The Morgan fingerprint density at radius 1 is 1.24 bits per heavy atom. The van der Waals surface area contributed by atoms with E-state index in [4.69, 9.17) is 9.26 Å². The topological polar surface area (TPSA) is 84.7 Å². The van der Waals surface area contributed by atoms with Crippen LogP contribution in [0.3, 0.4) is 0 Å². The van der Waals surface area contributed by atoms with E-state index in [2.05, 4.69) is 10.5 Å². The third-order valence-electron chi connectivity index (χ3n) is 4.21. The molecule has 0 aliphatic carbocycles. The molecule has 0 atom stereocenters. The van der Waals surface area contributed by atoms with Gasteiger partial charge in [0.2, 0.25) is 5.91 Å². The van der Waals surface area contributed by atoms with Crippen LogP contribution in [0.25, 0.3) is 11.3 Å². The lowest BCUT2D eigenvalue weighted by atomic mass is 10.1. The van der Waals surface area contributed by atoms with Crippen LogP contribution in [0, 0.1) is 0 Å². The number of rotatable bonds is 5. The van der Waals surface area contributed by atoms with Crippen LogP contribution in [0.5, 0.6) is 5.75 Å². The zero-order valence-corrected chi connectivity index (χ0v) is 14.2. The van der Waals surface area contributed by atoms with Crippen LogP contribution in [0.2, 0.25) is 0 Å². The quantitative estimate of drug-likeness (QED) is 0.898. The van der Waals surface area contributed by atoms with Crippen LogP contribution in [0.1, 0.15) is 29.8 Å². The summed E-state index contributed by atoms with van der Waals surface area (Å²) in [4.78, 5) is 26.0. The normalized spacial score (nSPS) is 14.2. The first-order valence-electron chi connectivity index (χ1n) is 8.34. The number of ether oxygens (including phenoxy) is 1. The highest BCUT2D eigenvalue weighted by Crippen LogP contribution is 2.24. The number of nitrogens with zero attached hydrogens (tertiary/aromatic N) is 2. The van der Waals surface area contributed by atoms with Gasteiger partial charge in [-0.1, -0.05) is 17.3 Å². The predicted octanol–water partition coefficient (Wildman–Crippen LogP) is 2.09. The zero-order chi connectivity index (χ0) is 17.6. The highest BCUT2D eigenvalue weighted by atomic mass is 16.5. The van der Waals surface area contributed by atoms with Gasteiger partial charge in [0.05, 0.1) is 13.7 Å². The molecule has 2 heterocycles. The molecule has 132 valence electrons. The molecule has 0 saturated carbocycles. The van der Waals surface area contributed by atoms with Crippen LogP contribution in [0.4, 0.5) is 0 Å². The standard InChI is InChI=1S/C18H21N3O4/c1-24-14-7-5-6-13(10-14)16-11-15(20-25-16)18(23)19-12-17(22)21-8-3-2-4-9-21/h5-7,10-11H,2-4,8-9,12H2,1H3,(H,19,23). The lowest BCUT2D eigenvalue weighted by Gasteiger charge is -2.26. The molecule has 1 fully saturated rings. The molecule has 3 rings (SSSR count). The molecular weight excluding hydrogens is 322 g/mol. The fourth-order valence-corrected chi connectivity index (χ4v) is 2.80. The summed E-state index contributed by atoms with van der Waals surface area (Å²) in [6, 6.07) is 8.83. The van der Waals surface area contributed by atoms with Gasteiger partial charge in [0.15, 0.2) is 11.5 Å². The summed E-state index contributed by atoms with van der Waals surface area (Å²) in [6.07, 6.45) is 3.20. The van der Waals surface area contributed by atoms with Crippen molar-refractivity contribution in [2.45, 2.75) is 19.3 Å². The molecule has 25 heavy (non-hydrogen) atoms. The molecule has 0 unspecified atom stereocenters. The highest BCUT2D eigenvalue weighted by Gasteiger charge is 2.19. The fraction of sp³-hybridized carbons (Fsp3) is 0.389. The fourth-order valence-electron chi connectivity index (χ4n) is 2.80. The molecule has 0 bridgehead atoms. The number of carbonyl (C=O) groups excluding carboxylic acids is 2. The molecule has 1 saturated heterocycles. The first kappa shape index (κ1) is 17.0. The van der Waals surface area contributed by atoms with E-state index in [0.717, 1.165) is 37.9 Å². The Morgan fingerprint density at radius 2 is 2.04 bits per heavy atom. The number of hydrogen-bond donors (Lipinski definition) is 1. The molecule has 1 N–H and O–H groups in total. The van der Waals surface area contributed by atoms with Crippen molar-refractivity contribution >= 4 is 11.8 Å². The first-order chi connectivity index (χ1) is 12.2. The van der Waals surface area contributed by atoms with Gasteiger partial charge in [-0.15, -0.1) is 0 Å². The Balaban J connectivity index is 1.59. The number of carbonyl (C=O) groups is 2. The molecule has 1 aliphatic rings. The number of aromatic nitrogens is 1. The Morgan fingerprint density at radius 3 is 2.80 bits per heavy atom. The van der Waals surface area contributed by atoms with Crippen molar-refractivity contribution in [1.82, 2.24) is 15.4 Å². The second kappa shape index (κ2) is 7.83. The molecular formula is C18H21N3O4. The molecule has 2 amide bonds. The van der Waals surface area contributed by atoms with Crippen molar-refractivity contribution in [3.63, 3.8) is 0 Å². The molecule has 1 aliphatic heterocycles. The van der Waals surface area contributed by atoms with Crippen molar-refractivity contribution in [3.8, 4) is 17.1 Å². The maximum absolute atomic E-state index is 12.2. The maximum Gasteiger partial charge on any atom is 0.273 e. The summed E-state index contributed by atoms with van der Waals surface area (Å²) >= 11 is 0. The number of amides is 2. The summed E-state index contributed by atoms with van der Waals surface area (Å²) in [5.74, 6) is 0.659. The third kappa shape index (κ3) is 4.17. The van der Waals surface area contributed by atoms with E-state index in [9.17, 15) is 9.59 Å². The Hall–Kier alpha value is -2.83. The summed E-state index contributed by atoms with van der Waals surface area (Å²) in [5.41, 5.74) is 0.902. The summed E-state index contributed by atoms with van der Waals surface area (Å²) in [5, 5.41) is 6.39. The van der Waals surface area contributed by atoms with E-state index in [0.29, 0.717) is 11.5 Å². The van der Waals surface area contributed by atoms with Crippen LogP contribution in [-0.2, 0) is 4.79 Å². The number of methoxy groups -OCH3 is 1. The van der Waals surface area contributed by atoms with Crippen molar-refractivity contribution < 1.29 is 18.8 Å². The van der Waals surface area contributed by atoms with Crippen LogP contribution in [0.15, 0.2) is 34.9 Å². The monoisotopic (exact) mass is 343 g/mol. The predicted molar refractivity (Wildman–Crippen MR) is 91.3 cm³/mol. The molecule has 1 aromatic heterocycles. The van der Waals surface area contributed by atoms with E-state index in [-0.39, 0.29) is 18.1 Å². The van der Waals surface area contributed by atoms with Crippen molar-refractivity contribution in [3.05, 3.63) is 36.0 Å². The summed E-state index contributed by atoms with van der Waals surface area (Å²) in [7, 11) is 1.58. The number of nitrogens with one attached hydrogen (secondary N) is 1. The number of benzene rings is 1. The Kier molecular flexibility index (Phi) is 5.33. The second-order valence-electron chi connectivity index (χ2n) is 5.93. The Bertz CT molecular complexity index is 750. The van der Waals surface area contributed by atoms with E-state index >= 15 is 0 Å². The van der Waals surface area contributed by atoms with E-state index < -0.39 is 5.91 Å². The van der Waals surface area contributed by atoms with Gasteiger partial charge in [0.1, 0.15) is 5.75 Å². The van der Waals surface area contributed by atoms with Gasteiger partial charge in [-0.25, -0.2) is 0 Å². The smallest absolute Gasteiger partial charge is 0.273 e. The maximum atomic E-state index is 12.2. The highest BCUT2D eigenvalue weighted by molar-refractivity contribution is 5.95. The lowest BCUT2D eigenvalue weighted by Crippen LogP contribution is -2.42. The summed E-state index contributed by atoms with van der Waals surface area (Å²) in [6.45, 7) is 1.50. The molecule has 1 aromatic carbocycles. The van der Waals surface area contributed by atoms with Gasteiger partial charge in [-0.2, -0.15) is 0 Å². The van der Waals surface area contributed by atoms with Crippen LogP contribution < -0.4 is 10.1 Å². The van der Waals surface area contributed by atoms with Gasteiger partial charge < -0.3 is 19.5 Å². The average molecular weight is 343 g/mol. The van der Waals surface area contributed by atoms with Crippen molar-refractivity contribution in [1.29, 1.82) is 0 Å². The number of piperidine rings is 1. The van der Waals surface area contributed by atoms with Gasteiger partial charge in [0, 0.05) is 24.7 Å². The van der Waals surface area contributed by atoms with Gasteiger partial charge >= 0.3 is 0 Å². The second-order valence-corrected chi connectivity index (χ2v) is 5.93. The molecule has 2 aromatic rings. The molecule has 0 spiro atoms. The lowest BCUT2D eigenvalue weighted by molar-refractivity contribution is -0.130. The SMILES string of the molecule is COc1cccc(-c2cc(C(=O)NCC(=O)N3CCCCC3)no2)c1. The zero-order valence-electron chi connectivity index (χ0n) is 14.2. The van der Waals surface area contributed by atoms with Gasteiger partial charge in [-0.05, 0) is 31.4 Å². The van der Waals surface area contributed by atoms with Crippen molar-refractivity contribution in [2.24, 2.45) is 0 Å². The van der Waals surface area contributed by atoms with Gasteiger partial charge in [-0.3, -0.25) is 9.59 Å². The largest absolute Gasteiger partial charge is 0.497 e. The van der Waals surface area contributed by atoms with Gasteiger partial charge in [0.25, 0.3) is 5.91 Å². The molecule has 0 radical (unpaired) electrons. The van der Waals surface area contributed by atoms with E-state index in [1.807, 2.05) is 18.2 Å².